The van der Waals surface area contributed by atoms with Crippen molar-refractivity contribution in [2.75, 3.05) is 6.54 Å². The summed E-state index contributed by atoms with van der Waals surface area (Å²) in [6.45, 7) is 2.87. The summed E-state index contributed by atoms with van der Waals surface area (Å²) in [6, 6.07) is 4.35. The molecule has 1 aromatic rings. The second kappa shape index (κ2) is 4.43. The molecule has 1 aliphatic heterocycles. The van der Waals surface area contributed by atoms with Crippen LogP contribution in [0.3, 0.4) is 0 Å². The van der Waals surface area contributed by atoms with Crippen molar-refractivity contribution in [2.24, 2.45) is 0 Å². The molecule has 0 radical (unpaired) electrons. The van der Waals surface area contributed by atoms with E-state index in [9.17, 15) is 4.79 Å². The molecule has 1 aliphatic rings. The Hall–Kier alpha value is -1.38. The summed E-state index contributed by atoms with van der Waals surface area (Å²) in [6.07, 6.45) is 6.19. The Morgan fingerprint density at radius 3 is 3.13 bits per heavy atom. The zero-order valence-corrected chi connectivity index (χ0v) is 9.02. The molecule has 1 unspecified atom stereocenters. The first-order chi connectivity index (χ1) is 7.31. The fraction of sp³-hybridized carbons (Fsp3) is 0.500. The van der Waals surface area contributed by atoms with Crippen LogP contribution in [0.4, 0.5) is 0 Å². The van der Waals surface area contributed by atoms with Crippen LogP contribution in [0.5, 0.6) is 0 Å². The molecule has 1 amide bonds. The number of pyridine rings is 1. The van der Waals surface area contributed by atoms with E-state index in [-0.39, 0.29) is 6.04 Å². The molecule has 1 aromatic heterocycles. The summed E-state index contributed by atoms with van der Waals surface area (Å²) < 4.78 is 0. The van der Waals surface area contributed by atoms with Crippen LogP contribution in [0.15, 0.2) is 18.3 Å². The van der Waals surface area contributed by atoms with Gasteiger partial charge < -0.3 is 4.90 Å². The SMILES string of the molecule is Cc1cc(C2CCCCN2C=O)ccn1. The van der Waals surface area contributed by atoms with E-state index in [0.717, 1.165) is 31.5 Å². The van der Waals surface area contributed by atoms with Crippen molar-refractivity contribution < 1.29 is 4.79 Å². The third-order valence-corrected chi connectivity index (χ3v) is 2.99. The first kappa shape index (κ1) is 10.1. The number of amides is 1. The summed E-state index contributed by atoms with van der Waals surface area (Å²) >= 11 is 0. The molecule has 3 nitrogen and oxygen atoms in total. The molecular weight excluding hydrogens is 188 g/mol. The minimum Gasteiger partial charge on any atom is -0.338 e. The van der Waals surface area contributed by atoms with Gasteiger partial charge in [-0.15, -0.1) is 0 Å². The predicted molar refractivity (Wildman–Crippen MR) is 58.3 cm³/mol. The number of hydrogen-bond donors (Lipinski definition) is 0. The van der Waals surface area contributed by atoms with Gasteiger partial charge in [-0.1, -0.05) is 0 Å². The fourth-order valence-corrected chi connectivity index (χ4v) is 2.21. The molecule has 1 saturated heterocycles. The number of hydrogen-bond acceptors (Lipinski definition) is 2. The number of aromatic nitrogens is 1. The summed E-state index contributed by atoms with van der Waals surface area (Å²) in [5.41, 5.74) is 2.23. The number of piperidine rings is 1. The minimum atomic E-state index is 0.262. The van der Waals surface area contributed by atoms with Gasteiger partial charge in [0, 0.05) is 18.4 Å². The number of rotatable bonds is 2. The van der Waals surface area contributed by atoms with E-state index < -0.39 is 0 Å². The molecule has 80 valence electrons. The highest BCUT2D eigenvalue weighted by Crippen LogP contribution is 2.29. The lowest BCUT2D eigenvalue weighted by Gasteiger charge is -2.33. The van der Waals surface area contributed by atoms with Gasteiger partial charge in [0.1, 0.15) is 0 Å². The largest absolute Gasteiger partial charge is 0.338 e. The highest BCUT2D eigenvalue weighted by Gasteiger charge is 2.22. The van der Waals surface area contributed by atoms with Crippen LogP contribution < -0.4 is 0 Å². The quantitative estimate of drug-likeness (QED) is 0.691. The van der Waals surface area contributed by atoms with Gasteiger partial charge in [0.2, 0.25) is 6.41 Å². The molecule has 0 aliphatic carbocycles. The molecular formula is C12H16N2O. The smallest absolute Gasteiger partial charge is 0.210 e. The summed E-state index contributed by atoms with van der Waals surface area (Å²) in [5.74, 6) is 0. The van der Waals surface area contributed by atoms with Crippen molar-refractivity contribution in [3.63, 3.8) is 0 Å². The Bertz CT molecular complexity index is 351. The molecule has 0 spiro atoms. The fourth-order valence-electron chi connectivity index (χ4n) is 2.21. The molecule has 0 aromatic carbocycles. The molecule has 0 saturated carbocycles. The van der Waals surface area contributed by atoms with Crippen molar-refractivity contribution >= 4 is 6.41 Å². The van der Waals surface area contributed by atoms with Gasteiger partial charge in [0.15, 0.2) is 0 Å². The number of likely N-dealkylation sites (tertiary alicyclic amines) is 1. The Balaban J connectivity index is 2.23. The third-order valence-electron chi connectivity index (χ3n) is 2.99. The third kappa shape index (κ3) is 2.17. The van der Waals surface area contributed by atoms with Gasteiger partial charge in [0.25, 0.3) is 0 Å². The van der Waals surface area contributed by atoms with Crippen molar-refractivity contribution in [2.45, 2.75) is 32.2 Å². The Labute approximate surface area is 90.1 Å². The molecule has 0 N–H and O–H groups in total. The molecule has 2 heterocycles. The Morgan fingerprint density at radius 2 is 2.40 bits per heavy atom. The number of carbonyl (C=O) groups excluding carboxylic acids is 1. The van der Waals surface area contributed by atoms with Gasteiger partial charge in [-0.2, -0.15) is 0 Å². The van der Waals surface area contributed by atoms with Crippen molar-refractivity contribution in [3.05, 3.63) is 29.6 Å². The van der Waals surface area contributed by atoms with Crippen LogP contribution in [0.25, 0.3) is 0 Å². The zero-order valence-electron chi connectivity index (χ0n) is 9.02. The van der Waals surface area contributed by atoms with Gasteiger partial charge in [-0.05, 0) is 43.9 Å². The Kier molecular flexibility index (Phi) is 2.99. The number of nitrogens with zero attached hydrogens (tertiary/aromatic N) is 2. The lowest BCUT2D eigenvalue weighted by molar-refractivity contribution is -0.121. The maximum Gasteiger partial charge on any atom is 0.210 e. The van der Waals surface area contributed by atoms with E-state index in [2.05, 4.69) is 11.1 Å². The van der Waals surface area contributed by atoms with Crippen LogP contribution in [-0.2, 0) is 4.79 Å². The first-order valence-corrected chi connectivity index (χ1v) is 5.45. The van der Waals surface area contributed by atoms with Gasteiger partial charge in [-0.3, -0.25) is 9.78 Å². The monoisotopic (exact) mass is 204 g/mol. The summed E-state index contributed by atoms with van der Waals surface area (Å²) in [5, 5.41) is 0. The molecule has 0 bridgehead atoms. The molecule has 1 fully saturated rings. The predicted octanol–water partition coefficient (Wildman–Crippen LogP) is 2.07. The Morgan fingerprint density at radius 1 is 1.53 bits per heavy atom. The van der Waals surface area contributed by atoms with Gasteiger partial charge in [-0.25, -0.2) is 0 Å². The van der Waals surface area contributed by atoms with Gasteiger partial charge >= 0.3 is 0 Å². The average Bonchev–Trinajstić information content (AvgIpc) is 2.29. The summed E-state index contributed by atoms with van der Waals surface area (Å²) in [7, 11) is 0. The topological polar surface area (TPSA) is 33.2 Å². The first-order valence-electron chi connectivity index (χ1n) is 5.45. The van der Waals surface area contributed by atoms with Gasteiger partial charge in [0.05, 0.1) is 6.04 Å². The van der Waals surface area contributed by atoms with Crippen molar-refractivity contribution in [3.8, 4) is 0 Å². The summed E-state index contributed by atoms with van der Waals surface area (Å²) in [4.78, 5) is 17.0. The van der Waals surface area contributed by atoms with E-state index in [1.54, 1.807) is 0 Å². The maximum absolute atomic E-state index is 10.9. The normalized spacial score (nSPS) is 21.4. The minimum absolute atomic E-state index is 0.262. The maximum atomic E-state index is 10.9. The van der Waals surface area contributed by atoms with Crippen LogP contribution in [0.2, 0.25) is 0 Å². The lowest BCUT2D eigenvalue weighted by atomic mass is 9.96. The molecule has 15 heavy (non-hydrogen) atoms. The molecule has 2 rings (SSSR count). The lowest BCUT2D eigenvalue weighted by Crippen LogP contribution is -2.32. The standard InChI is InChI=1S/C12H16N2O/c1-10-8-11(5-6-13-10)12-4-2-3-7-14(12)9-15/h5-6,8-9,12H,2-4,7H2,1H3. The van der Waals surface area contributed by atoms with E-state index in [4.69, 9.17) is 0 Å². The van der Waals surface area contributed by atoms with Crippen LogP contribution in [-0.4, -0.2) is 22.8 Å². The second-order valence-electron chi connectivity index (χ2n) is 4.09. The number of carbonyl (C=O) groups is 1. The number of aryl methyl sites for hydroxylation is 1. The highest BCUT2D eigenvalue weighted by molar-refractivity contribution is 5.49. The molecule has 3 heteroatoms. The second-order valence-corrected chi connectivity index (χ2v) is 4.09. The van der Waals surface area contributed by atoms with E-state index in [0.29, 0.717) is 0 Å². The van der Waals surface area contributed by atoms with Crippen LogP contribution in [0.1, 0.15) is 36.6 Å². The van der Waals surface area contributed by atoms with Crippen LogP contribution >= 0.6 is 0 Å². The zero-order chi connectivity index (χ0) is 10.7. The molecule has 1 atom stereocenters. The highest BCUT2D eigenvalue weighted by atomic mass is 16.1. The van der Waals surface area contributed by atoms with Crippen LogP contribution in [0, 0.1) is 6.92 Å². The van der Waals surface area contributed by atoms with E-state index in [1.807, 2.05) is 24.1 Å². The average molecular weight is 204 g/mol. The van der Waals surface area contributed by atoms with E-state index in [1.165, 1.54) is 12.0 Å². The van der Waals surface area contributed by atoms with Crippen molar-refractivity contribution in [1.82, 2.24) is 9.88 Å². The van der Waals surface area contributed by atoms with Crippen molar-refractivity contribution in [1.29, 1.82) is 0 Å². The van der Waals surface area contributed by atoms with E-state index >= 15 is 0 Å².